The molecule has 0 saturated heterocycles. The van der Waals surface area contributed by atoms with E-state index in [1.807, 2.05) is 49.4 Å². The van der Waals surface area contributed by atoms with Crippen LogP contribution >= 0.6 is 0 Å². The molecule has 3 heteroatoms. The first-order valence-electron chi connectivity index (χ1n) is 8.92. The van der Waals surface area contributed by atoms with Gasteiger partial charge in [0.1, 0.15) is 5.75 Å². The number of ether oxygens (including phenoxy) is 1. The van der Waals surface area contributed by atoms with Crippen LogP contribution in [-0.4, -0.2) is 16.7 Å². The lowest BCUT2D eigenvalue weighted by atomic mass is 9.97. The summed E-state index contributed by atoms with van der Waals surface area (Å²) in [5.74, 6) is 0.828. The molecule has 0 radical (unpaired) electrons. The van der Waals surface area contributed by atoms with Gasteiger partial charge >= 0.3 is 0 Å². The maximum Gasteiger partial charge on any atom is 0.120 e. The van der Waals surface area contributed by atoms with E-state index in [0.717, 1.165) is 33.2 Å². The fraction of sp³-hybridized carbons (Fsp3) is 0.174. The molecule has 26 heavy (non-hydrogen) atoms. The molecule has 1 atom stereocenters. The Bertz CT molecular complexity index is 1060. The van der Waals surface area contributed by atoms with Crippen LogP contribution in [0.3, 0.4) is 0 Å². The standard InChI is InChI=1S/C23H21NO2/c1-2-26-20-9-10-22-21(15-20)18(11-12-24-22)14-23(25)19-8-7-16-5-3-4-6-17(16)13-19/h3-13,15,23,25H,2,14H2,1H3. The zero-order chi connectivity index (χ0) is 17.9. The molecule has 0 amide bonds. The van der Waals surface area contributed by atoms with Crippen LogP contribution in [0.2, 0.25) is 0 Å². The summed E-state index contributed by atoms with van der Waals surface area (Å²) in [5.41, 5.74) is 2.91. The fourth-order valence-electron chi connectivity index (χ4n) is 3.36. The summed E-state index contributed by atoms with van der Waals surface area (Å²) in [5, 5.41) is 14.2. The fourth-order valence-corrected chi connectivity index (χ4v) is 3.36. The first kappa shape index (κ1) is 16.6. The van der Waals surface area contributed by atoms with Crippen LogP contribution in [0.25, 0.3) is 21.7 Å². The zero-order valence-corrected chi connectivity index (χ0v) is 14.7. The number of rotatable bonds is 5. The largest absolute Gasteiger partial charge is 0.494 e. The predicted molar refractivity (Wildman–Crippen MR) is 106 cm³/mol. The van der Waals surface area contributed by atoms with Gasteiger partial charge in [-0.05, 0) is 59.2 Å². The molecule has 0 fully saturated rings. The van der Waals surface area contributed by atoms with Crippen LogP contribution < -0.4 is 4.74 Å². The minimum atomic E-state index is -0.569. The summed E-state index contributed by atoms with van der Waals surface area (Å²) < 4.78 is 5.62. The molecule has 0 aliphatic heterocycles. The van der Waals surface area contributed by atoms with Crippen LogP contribution in [0.5, 0.6) is 5.75 Å². The van der Waals surface area contributed by atoms with Gasteiger partial charge in [0.2, 0.25) is 0 Å². The molecule has 4 rings (SSSR count). The number of hydrogen-bond acceptors (Lipinski definition) is 3. The third-order valence-corrected chi connectivity index (χ3v) is 4.69. The molecular weight excluding hydrogens is 322 g/mol. The van der Waals surface area contributed by atoms with E-state index in [4.69, 9.17) is 4.74 Å². The normalized spacial score (nSPS) is 12.4. The highest BCUT2D eigenvalue weighted by atomic mass is 16.5. The number of fused-ring (bicyclic) bond motifs is 2. The molecule has 1 heterocycles. The molecule has 0 bridgehead atoms. The lowest BCUT2D eigenvalue weighted by molar-refractivity contribution is 0.179. The Labute approximate surface area is 152 Å². The number of aliphatic hydroxyl groups is 1. The van der Waals surface area contributed by atoms with Crippen LogP contribution in [0, 0.1) is 0 Å². The van der Waals surface area contributed by atoms with E-state index in [0.29, 0.717) is 13.0 Å². The first-order valence-corrected chi connectivity index (χ1v) is 8.92. The van der Waals surface area contributed by atoms with E-state index in [9.17, 15) is 5.11 Å². The molecular formula is C23H21NO2. The number of aliphatic hydroxyl groups excluding tert-OH is 1. The van der Waals surface area contributed by atoms with Gasteiger partial charge in [0.15, 0.2) is 0 Å². The molecule has 1 N–H and O–H groups in total. The van der Waals surface area contributed by atoms with Gasteiger partial charge in [0.25, 0.3) is 0 Å². The maximum atomic E-state index is 10.8. The molecule has 0 saturated carbocycles. The highest BCUT2D eigenvalue weighted by Crippen LogP contribution is 2.28. The average Bonchev–Trinajstić information content (AvgIpc) is 2.68. The second-order valence-corrected chi connectivity index (χ2v) is 6.41. The molecule has 1 aromatic heterocycles. The van der Waals surface area contributed by atoms with Crippen LogP contribution in [0.15, 0.2) is 72.9 Å². The van der Waals surface area contributed by atoms with Gasteiger partial charge in [-0.2, -0.15) is 0 Å². The van der Waals surface area contributed by atoms with Crippen molar-refractivity contribution in [3.05, 3.63) is 84.1 Å². The second kappa shape index (κ2) is 7.14. The van der Waals surface area contributed by atoms with Crippen LogP contribution in [-0.2, 0) is 6.42 Å². The van der Waals surface area contributed by atoms with Gasteiger partial charge < -0.3 is 9.84 Å². The van der Waals surface area contributed by atoms with Crippen LogP contribution in [0.1, 0.15) is 24.2 Å². The van der Waals surface area contributed by atoms with Crippen molar-refractivity contribution >= 4 is 21.7 Å². The minimum absolute atomic E-state index is 0.535. The molecule has 3 nitrogen and oxygen atoms in total. The van der Waals surface area contributed by atoms with Crippen molar-refractivity contribution in [3.63, 3.8) is 0 Å². The maximum absolute atomic E-state index is 10.8. The van der Waals surface area contributed by atoms with E-state index in [1.54, 1.807) is 6.20 Å². The first-order chi connectivity index (χ1) is 12.7. The summed E-state index contributed by atoms with van der Waals surface area (Å²) in [4.78, 5) is 4.43. The average molecular weight is 343 g/mol. The lowest BCUT2D eigenvalue weighted by Gasteiger charge is -2.14. The molecule has 1 unspecified atom stereocenters. The van der Waals surface area contributed by atoms with Gasteiger partial charge in [0.05, 0.1) is 18.2 Å². The van der Waals surface area contributed by atoms with E-state index in [-0.39, 0.29) is 0 Å². The third-order valence-electron chi connectivity index (χ3n) is 4.69. The van der Waals surface area contributed by atoms with Gasteiger partial charge in [-0.15, -0.1) is 0 Å². The summed E-state index contributed by atoms with van der Waals surface area (Å²) in [6, 6.07) is 22.2. The molecule has 0 spiro atoms. The van der Waals surface area contributed by atoms with Crippen LogP contribution in [0.4, 0.5) is 0 Å². The Morgan fingerprint density at radius 1 is 0.962 bits per heavy atom. The van der Waals surface area contributed by atoms with Gasteiger partial charge in [0, 0.05) is 18.0 Å². The molecule has 4 aromatic rings. The number of benzene rings is 3. The minimum Gasteiger partial charge on any atom is -0.494 e. The Hall–Kier alpha value is -2.91. The van der Waals surface area contributed by atoms with Gasteiger partial charge in [-0.1, -0.05) is 36.4 Å². The van der Waals surface area contributed by atoms with Gasteiger partial charge in [-0.25, -0.2) is 0 Å². The highest BCUT2D eigenvalue weighted by molar-refractivity contribution is 5.84. The molecule has 3 aromatic carbocycles. The van der Waals surface area contributed by atoms with E-state index in [1.165, 1.54) is 5.39 Å². The lowest BCUT2D eigenvalue weighted by Crippen LogP contribution is -2.03. The SMILES string of the molecule is CCOc1ccc2nccc(CC(O)c3ccc4ccccc4c3)c2c1. The van der Waals surface area contributed by atoms with Crippen molar-refractivity contribution in [1.82, 2.24) is 4.98 Å². The van der Waals surface area contributed by atoms with E-state index >= 15 is 0 Å². The zero-order valence-electron chi connectivity index (χ0n) is 14.7. The van der Waals surface area contributed by atoms with Crippen molar-refractivity contribution < 1.29 is 9.84 Å². The third kappa shape index (κ3) is 3.26. The number of nitrogens with zero attached hydrogens (tertiary/aromatic N) is 1. The number of hydrogen-bond donors (Lipinski definition) is 1. The van der Waals surface area contributed by atoms with Crippen molar-refractivity contribution in [2.45, 2.75) is 19.4 Å². The summed E-state index contributed by atoms with van der Waals surface area (Å²) in [7, 11) is 0. The monoisotopic (exact) mass is 343 g/mol. The molecule has 130 valence electrons. The topological polar surface area (TPSA) is 42.4 Å². The summed E-state index contributed by atoms with van der Waals surface area (Å²) in [6.45, 7) is 2.60. The Balaban J connectivity index is 1.67. The second-order valence-electron chi connectivity index (χ2n) is 6.41. The van der Waals surface area contributed by atoms with Crippen molar-refractivity contribution in [3.8, 4) is 5.75 Å². The van der Waals surface area contributed by atoms with E-state index in [2.05, 4.69) is 29.2 Å². The Morgan fingerprint density at radius 3 is 2.65 bits per heavy atom. The summed E-state index contributed by atoms with van der Waals surface area (Å²) in [6.07, 6.45) is 1.76. The molecule has 0 aliphatic carbocycles. The summed E-state index contributed by atoms with van der Waals surface area (Å²) >= 11 is 0. The number of pyridine rings is 1. The van der Waals surface area contributed by atoms with Gasteiger partial charge in [-0.3, -0.25) is 4.98 Å². The Morgan fingerprint density at radius 2 is 1.81 bits per heavy atom. The van der Waals surface area contributed by atoms with Crippen molar-refractivity contribution in [1.29, 1.82) is 0 Å². The van der Waals surface area contributed by atoms with E-state index < -0.39 is 6.10 Å². The van der Waals surface area contributed by atoms with Crippen molar-refractivity contribution in [2.75, 3.05) is 6.61 Å². The molecule has 0 aliphatic rings. The quantitative estimate of drug-likeness (QED) is 0.550. The predicted octanol–water partition coefficient (Wildman–Crippen LogP) is 5.06. The Kier molecular flexibility index (Phi) is 4.55. The number of aromatic nitrogens is 1. The highest BCUT2D eigenvalue weighted by Gasteiger charge is 2.12. The smallest absolute Gasteiger partial charge is 0.120 e. The van der Waals surface area contributed by atoms with Crippen molar-refractivity contribution in [2.24, 2.45) is 0 Å².